The van der Waals surface area contributed by atoms with E-state index in [1.807, 2.05) is 0 Å². The molecule has 0 amide bonds. The highest BCUT2D eigenvalue weighted by molar-refractivity contribution is 4.95. The Hall–Kier alpha value is -0.0800. The molecule has 1 N–H and O–H groups in total. The Morgan fingerprint density at radius 3 is 2.29 bits per heavy atom. The van der Waals surface area contributed by atoms with Crippen LogP contribution in [0.4, 0.5) is 0 Å². The topological polar surface area (TPSA) is 15.3 Å². The van der Waals surface area contributed by atoms with Gasteiger partial charge in [0.15, 0.2) is 0 Å². The number of likely N-dealkylation sites (tertiary alicyclic amines) is 1. The van der Waals surface area contributed by atoms with Gasteiger partial charge < -0.3 is 10.2 Å². The van der Waals surface area contributed by atoms with Gasteiger partial charge in [-0.15, -0.1) is 0 Å². The molecular formula is C19H38N2. The maximum absolute atomic E-state index is 4.02. The number of piperidine rings is 1. The van der Waals surface area contributed by atoms with Crippen LogP contribution >= 0.6 is 0 Å². The molecule has 3 atom stereocenters. The van der Waals surface area contributed by atoms with Crippen LogP contribution in [0.2, 0.25) is 0 Å². The number of rotatable bonds is 8. The third-order valence-electron chi connectivity index (χ3n) is 6.02. The zero-order chi connectivity index (χ0) is 15.2. The molecule has 1 saturated heterocycles. The van der Waals surface area contributed by atoms with E-state index in [2.05, 4.69) is 37.9 Å². The normalized spacial score (nSPS) is 31.6. The predicted octanol–water partition coefficient (Wildman–Crippen LogP) is 4.30. The second-order valence-electron chi connectivity index (χ2n) is 7.85. The van der Waals surface area contributed by atoms with E-state index in [1.54, 1.807) is 0 Å². The van der Waals surface area contributed by atoms with E-state index in [4.69, 9.17) is 0 Å². The van der Waals surface area contributed by atoms with E-state index in [1.165, 1.54) is 64.6 Å². The van der Waals surface area contributed by atoms with Crippen molar-refractivity contribution in [3.8, 4) is 0 Å². The Balaban J connectivity index is 1.85. The largest absolute Gasteiger partial charge is 0.313 e. The molecule has 0 aromatic rings. The van der Waals surface area contributed by atoms with Crippen molar-refractivity contribution in [3.05, 3.63) is 0 Å². The van der Waals surface area contributed by atoms with Crippen LogP contribution in [0, 0.1) is 17.8 Å². The van der Waals surface area contributed by atoms with Crippen molar-refractivity contribution in [2.45, 2.75) is 84.7 Å². The fourth-order valence-corrected chi connectivity index (χ4v) is 4.47. The molecule has 2 aliphatic rings. The summed E-state index contributed by atoms with van der Waals surface area (Å²) in [5, 5.41) is 4.02. The smallest absolute Gasteiger partial charge is 0.0148 e. The average molecular weight is 295 g/mol. The van der Waals surface area contributed by atoms with Crippen LogP contribution in [0.3, 0.4) is 0 Å². The lowest BCUT2D eigenvalue weighted by Crippen LogP contribution is -2.58. The van der Waals surface area contributed by atoms with Gasteiger partial charge in [-0.2, -0.15) is 0 Å². The van der Waals surface area contributed by atoms with Crippen LogP contribution in [0.25, 0.3) is 0 Å². The van der Waals surface area contributed by atoms with Gasteiger partial charge in [-0.05, 0) is 57.4 Å². The van der Waals surface area contributed by atoms with Crippen molar-refractivity contribution in [2.75, 3.05) is 19.6 Å². The molecule has 0 spiro atoms. The molecule has 2 heteroatoms. The van der Waals surface area contributed by atoms with Gasteiger partial charge in [0.25, 0.3) is 0 Å². The molecule has 1 aliphatic heterocycles. The van der Waals surface area contributed by atoms with Crippen LogP contribution in [0.1, 0.15) is 72.6 Å². The zero-order valence-electron chi connectivity index (χ0n) is 14.9. The number of hydrogen-bond donors (Lipinski definition) is 1. The molecule has 2 rings (SSSR count). The lowest BCUT2D eigenvalue weighted by molar-refractivity contribution is 0.0279. The molecule has 1 saturated carbocycles. The van der Waals surface area contributed by atoms with Crippen LogP contribution in [0.15, 0.2) is 0 Å². The third kappa shape index (κ3) is 4.69. The van der Waals surface area contributed by atoms with Crippen molar-refractivity contribution >= 4 is 0 Å². The van der Waals surface area contributed by atoms with Crippen molar-refractivity contribution in [1.29, 1.82) is 0 Å². The molecule has 2 bridgehead atoms. The van der Waals surface area contributed by atoms with Crippen molar-refractivity contribution in [1.82, 2.24) is 10.2 Å². The minimum atomic E-state index is 0.724. The van der Waals surface area contributed by atoms with Gasteiger partial charge >= 0.3 is 0 Å². The monoisotopic (exact) mass is 294 g/mol. The fourth-order valence-electron chi connectivity index (χ4n) is 4.47. The summed E-state index contributed by atoms with van der Waals surface area (Å²) in [6.07, 6.45) is 9.86. The Labute approximate surface area is 133 Å². The summed E-state index contributed by atoms with van der Waals surface area (Å²) in [5.74, 6) is 2.71. The third-order valence-corrected chi connectivity index (χ3v) is 6.02. The Morgan fingerprint density at radius 2 is 1.76 bits per heavy atom. The van der Waals surface area contributed by atoms with Crippen molar-refractivity contribution in [3.63, 3.8) is 0 Å². The van der Waals surface area contributed by atoms with Crippen LogP contribution in [0.5, 0.6) is 0 Å². The highest BCUT2D eigenvalue weighted by Crippen LogP contribution is 2.35. The van der Waals surface area contributed by atoms with Gasteiger partial charge in [0.1, 0.15) is 0 Å². The second kappa shape index (κ2) is 8.53. The fraction of sp³-hybridized carbons (Fsp3) is 1.00. The van der Waals surface area contributed by atoms with Gasteiger partial charge in [0, 0.05) is 25.2 Å². The second-order valence-corrected chi connectivity index (χ2v) is 7.85. The first-order valence-corrected chi connectivity index (χ1v) is 9.63. The van der Waals surface area contributed by atoms with Gasteiger partial charge in [-0.1, -0.05) is 39.5 Å². The van der Waals surface area contributed by atoms with Crippen molar-refractivity contribution < 1.29 is 0 Å². The van der Waals surface area contributed by atoms with Crippen LogP contribution < -0.4 is 5.32 Å². The molecule has 1 heterocycles. The maximum Gasteiger partial charge on any atom is 0.0148 e. The number of unbranched alkanes of at least 4 members (excludes halogenated alkanes) is 1. The first-order valence-electron chi connectivity index (χ1n) is 9.63. The lowest BCUT2D eigenvalue weighted by atomic mass is 9.73. The average Bonchev–Trinajstić information content (AvgIpc) is 2.46. The molecule has 3 unspecified atom stereocenters. The number of nitrogens with one attached hydrogen (secondary N) is 1. The molecule has 1 aliphatic carbocycles. The molecule has 21 heavy (non-hydrogen) atoms. The summed E-state index contributed by atoms with van der Waals surface area (Å²) >= 11 is 0. The molecule has 0 radical (unpaired) electrons. The lowest BCUT2D eigenvalue weighted by Gasteiger charge is -2.49. The van der Waals surface area contributed by atoms with Gasteiger partial charge in [0.2, 0.25) is 0 Å². The van der Waals surface area contributed by atoms with Crippen LogP contribution in [-0.2, 0) is 0 Å². The molecule has 0 aromatic carbocycles. The Bertz CT molecular complexity index is 275. The SMILES string of the molecule is CCCCC(CC)CNC1C2CCCC1CN(C(C)C)C2. The molecule has 124 valence electrons. The number of nitrogens with zero attached hydrogens (tertiary/aromatic N) is 1. The molecule has 2 fully saturated rings. The summed E-state index contributed by atoms with van der Waals surface area (Å²) in [7, 11) is 0. The van der Waals surface area contributed by atoms with Gasteiger partial charge in [-0.25, -0.2) is 0 Å². The molecule has 2 nitrogen and oxygen atoms in total. The first-order chi connectivity index (χ1) is 10.2. The van der Waals surface area contributed by atoms with E-state index in [-0.39, 0.29) is 0 Å². The van der Waals surface area contributed by atoms with E-state index in [0.717, 1.165) is 29.8 Å². The summed E-state index contributed by atoms with van der Waals surface area (Å²) in [5.41, 5.74) is 0. The minimum absolute atomic E-state index is 0.724. The summed E-state index contributed by atoms with van der Waals surface area (Å²) in [6, 6.07) is 1.53. The molecule has 0 aromatic heterocycles. The van der Waals surface area contributed by atoms with E-state index in [0.29, 0.717) is 0 Å². The first kappa shape index (κ1) is 17.3. The highest BCUT2D eigenvalue weighted by Gasteiger charge is 2.39. The predicted molar refractivity (Wildman–Crippen MR) is 92.6 cm³/mol. The van der Waals surface area contributed by atoms with E-state index < -0.39 is 0 Å². The zero-order valence-corrected chi connectivity index (χ0v) is 14.9. The minimum Gasteiger partial charge on any atom is -0.313 e. The number of fused-ring (bicyclic) bond motifs is 2. The van der Waals surface area contributed by atoms with E-state index >= 15 is 0 Å². The standard InChI is InChI=1S/C19H38N2/c1-5-7-9-16(6-2)12-20-19-17-10-8-11-18(19)14-21(13-17)15(3)4/h15-20H,5-14H2,1-4H3. The maximum atomic E-state index is 4.02. The van der Waals surface area contributed by atoms with Crippen LogP contribution in [-0.4, -0.2) is 36.6 Å². The van der Waals surface area contributed by atoms with E-state index in [9.17, 15) is 0 Å². The highest BCUT2D eigenvalue weighted by atomic mass is 15.2. The number of hydrogen-bond acceptors (Lipinski definition) is 2. The van der Waals surface area contributed by atoms with Gasteiger partial charge in [-0.3, -0.25) is 0 Å². The summed E-state index contributed by atoms with van der Waals surface area (Å²) in [4.78, 5) is 2.72. The Kier molecular flexibility index (Phi) is 7.01. The molecular weight excluding hydrogens is 256 g/mol. The van der Waals surface area contributed by atoms with Gasteiger partial charge in [0.05, 0.1) is 0 Å². The summed E-state index contributed by atoms with van der Waals surface area (Å²) < 4.78 is 0. The van der Waals surface area contributed by atoms with Crippen molar-refractivity contribution in [2.24, 2.45) is 17.8 Å². The summed E-state index contributed by atoms with van der Waals surface area (Å²) in [6.45, 7) is 13.3. The quantitative estimate of drug-likeness (QED) is 0.718. The Morgan fingerprint density at radius 1 is 1.10 bits per heavy atom.